The fourth-order valence-electron chi connectivity index (χ4n) is 1.16. The summed E-state index contributed by atoms with van der Waals surface area (Å²) in [4.78, 5) is 1.94. The van der Waals surface area contributed by atoms with Crippen LogP contribution in [0.1, 0.15) is 20.8 Å². The summed E-state index contributed by atoms with van der Waals surface area (Å²) in [6.07, 6.45) is -3.33. The number of likely N-dealkylation sites (N-methyl/N-ethyl adjacent to an activating group) is 1. The molecule has 0 aromatic heterocycles. The molecule has 0 saturated carbocycles. The predicted molar refractivity (Wildman–Crippen MR) is 49.2 cm³/mol. The maximum atomic E-state index is 12.4. The minimum atomic E-state index is -2.39. The number of alkyl halides is 2. The topological polar surface area (TPSA) is 12.5 Å². The van der Waals surface area contributed by atoms with E-state index in [1.807, 2.05) is 18.7 Å². The van der Waals surface area contributed by atoms with Crippen LogP contribution in [0.15, 0.2) is 0 Å². The van der Waals surface area contributed by atoms with Crippen molar-refractivity contribution in [1.82, 2.24) is 4.90 Å². The summed E-state index contributed by atoms with van der Waals surface area (Å²) in [6.45, 7) is 7.88. The van der Waals surface area contributed by atoms with Crippen molar-refractivity contribution in [3.8, 4) is 0 Å². The summed E-state index contributed by atoms with van der Waals surface area (Å²) in [5.74, 6) is 0. The summed E-state index contributed by atoms with van der Waals surface area (Å²) >= 11 is 0. The van der Waals surface area contributed by atoms with Crippen molar-refractivity contribution in [3.63, 3.8) is 0 Å². The van der Waals surface area contributed by atoms with Gasteiger partial charge in [0.25, 0.3) is 6.43 Å². The Bertz CT molecular complexity index is 118. The van der Waals surface area contributed by atoms with E-state index in [2.05, 4.69) is 0 Å². The van der Waals surface area contributed by atoms with E-state index in [4.69, 9.17) is 4.74 Å². The number of hydrogen-bond donors (Lipinski definition) is 0. The fourth-order valence-corrected chi connectivity index (χ4v) is 1.16. The third-order valence-electron chi connectivity index (χ3n) is 1.99. The van der Waals surface area contributed by atoms with Crippen LogP contribution in [0.5, 0.6) is 0 Å². The van der Waals surface area contributed by atoms with E-state index in [0.29, 0.717) is 13.2 Å². The van der Waals surface area contributed by atoms with E-state index in [1.54, 1.807) is 6.92 Å². The van der Waals surface area contributed by atoms with Gasteiger partial charge in [-0.25, -0.2) is 8.78 Å². The van der Waals surface area contributed by atoms with E-state index in [0.717, 1.165) is 13.1 Å². The lowest BCUT2D eigenvalue weighted by molar-refractivity contribution is -0.0647. The zero-order chi connectivity index (χ0) is 10.3. The van der Waals surface area contributed by atoms with Crippen LogP contribution in [0.2, 0.25) is 0 Å². The molecule has 0 spiro atoms. The van der Waals surface area contributed by atoms with Gasteiger partial charge in [-0.15, -0.1) is 0 Å². The molecule has 80 valence electrons. The Morgan fingerprint density at radius 1 is 1.15 bits per heavy atom. The van der Waals surface area contributed by atoms with Gasteiger partial charge in [-0.3, -0.25) is 0 Å². The van der Waals surface area contributed by atoms with Crippen LogP contribution in [0.3, 0.4) is 0 Å². The lowest BCUT2D eigenvalue weighted by Gasteiger charge is -2.24. The minimum absolute atomic E-state index is 0.318. The third-order valence-corrected chi connectivity index (χ3v) is 1.99. The number of nitrogens with zero attached hydrogens (tertiary/aromatic N) is 1. The highest BCUT2D eigenvalue weighted by Gasteiger charge is 2.22. The van der Waals surface area contributed by atoms with Crippen molar-refractivity contribution in [1.29, 1.82) is 0 Å². The van der Waals surface area contributed by atoms with Gasteiger partial charge >= 0.3 is 0 Å². The lowest BCUT2D eigenvalue weighted by Crippen LogP contribution is -2.37. The number of hydrogen-bond acceptors (Lipinski definition) is 2. The molecule has 0 aliphatic heterocycles. The Kier molecular flexibility index (Phi) is 7.09. The largest absolute Gasteiger partial charge is 0.371 e. The Balaban J connectivity index is 3.91. The Morgan fingerprint density at radius 3 is 2.00 bits per heavy atom. The first kappa shape index (κ1) is 12.8. The van der Waals surface area contributed by atoms with Crippen LogP contribution in [-0.2, 0) is 4.74 Å². The average Bonchev–Trinajstić information content (AvgIpc) is 2.11. The second-order valence-electron chi connectivity index (χ2n) is 2.81. The van der Waals surface area contributed by atoms with Crippen molar-refractivity contribution in [2.75, 3.05) is 26.2 Å². The molecular weight excluding hydrogens is 176 g/mol. The summed E-state index contributed by atoms with van der Waals surface area (Å²) in [6, 6.07) is 0. The van der Waals surface area contributed by atoms with Gasteiger partial charge in [0.15, 0.2) is 0 Å². The van der Waals surface area contributed by atoms with Crippen LogP contribution < -0.4 is 0 Å². The zero-order valence-corrected chi connectivity index (χ0v) is 8.59. The van der Waals surface area contributed by atoms with Crippen LogP contribution in [-0.4, -0.2) is 43.7 Å². The van der Waals surface area contributed by atoms with Crippen molar-refractivity contribution in [2.24, 2.45) is 0 Å². The summed E-state index contributed by atoms with van der Waals surface area (Å²) in [7, 11) is 0. The molecule has 0 aromatic rings. The highest BCUT2D eigenvalue weighted by Crippen LogP contribution is 2.07. The Morgan fingerprint density at radius 2 is 1.69 bits per heavy atom. The van der Waals surface area contributed by atoms with E-state index < -0.39 is 12.5 Å². The SMILES string of the molecule is CCO[C@@H](CN(CC)CC)C(F)F. The van der Waals surface area contributed by atoms with Crippen LogP contribution >= 0.6 is 0 Å². The molecule has 0 N–H and O–H groups in total. The first-order valence-corrected chi connectivity index (χ1v) is 4.77. The molecule has 0 aliphatic rings. The molecule has 0 heterocycles. The van der Waals surface area contributed by atoms with Gasteiger partial charge < -0.3 is 9.64 Å². The molecule has 2 nitrogen and oxygen atoms in total. The van der Waals surface area contributed by atoms with Crippen LogP contribution in [0.4, 0.5) is 8.78 Å². The van der Waals surface area contributed by atoms with Gasteiger partial charge in [0.1, 0.15) is 6.10 Å². The van der Waals surface area contributed by atoms with Gasteiger partial charge in [-0.2, -0.15) is 0 Å². The summed E-state index contributed by atoms with van der Waals surface area (Å²) < 4.78 is 29.7. The van der Waals surface area contributed by atoms with Gasteiger partial charge in [-0.05, 0) is 20.0 Å². The van der Waals surface area contributed by atoms with E-state index in [-0.39, 0.29) is 0 Å². The average molecular weight is 195 g/mol. The first-order chi connectivity index (χ1) is 6.15. The van der Waals surface area contributed by atoms with Crippen LogP contribution in [0, 0.1) is 0 Å². The monoisotopic (exact) mass is 195 g/mol. The molecule has 0 unspecified atom stereocenters. The van der Waals surface area contributed by atoms with Gasteiger partial charge in [0.05, 0.1) is 0 Å². The number of ether oxygens (including phenoxy) is 1. The molecular formula is C9H19F2NO. The highest BCUT2D eigenvalue weighted by molar-refractivity contribution is 4.66. The smallest absolute Gasteiger partial charge is 0.265 e. The third kappa shape index (κ3) is 5.16. The molecule has 0 aromatic carbocycles. The standard InChI is InChI=1S/C9H19F2NO/c1-4-12(5-2)7-8(9(10)11)13-6-3/h8-9H,4-7H2,1-3H3/t8-/m0/s1. The van der Waals surface area contributed by atoms with E-state index in [9.17, 15) is 8.78 Å². The van der Waals surface area contributed by atoms with Crippen LogP contribution in [0.25, 0.3) is 0 Å². The molecule has 0 bridgehead atoms. The molecule has 0 rings (SSSR count). The normalized spacial score (nSPS) is 14.1. The first-order valence-electron chi connectivity index (χ1n) is 4.77. The van der Waals surface area contributed by atoms with Gasteiger partial charge in [-0.1, -0.05) is 13.8 Å². The van der Waals surface area contributed by atoms with Gasteiger partial charge in [0.2, 0.25) is 0 Å². The molecule has 13 heavy (non-hydrogen) atoms. The maximum absolute atomic E-state index is 12.4. The highest BCUT2D eigenvalue weighted by atomic mass is 19.3. The number of halogens is 2. The van der Waals surface area contributed by atoms with Crippen molar-refractivity contribution in [3.05, 3.63) is 0 Å². The predicted octanol–water partition coefficient (Wildman–Crippen LogP) is 2.00. The van der Waals surface area contributed by atoms with Crippen molar-refractivity contribution in [2.45, 2.75) is 33.3 Å². The molecule has 0 saturated heterocycles. The molecule has 1 atom stereocenters. The molecule has 0 amide bonds. The van der Waals surface area contributed by atoms with E-state index in [1.165, 1.54) is 0 Å². The summed E-state index contributed by atoms with van der Waals surface area (Å²) in [5.41, 5.74) is 0. The quantitative estimate of drug-likeness (QED) is 0.616. The second-order valence-corrected chi connectivity index (χ2v) is 2.81. The molecule has 4 heteroatoms. The Labute approximate surface area is 78.9 Å². The summed E-state index contributed by atoms with van der Waals surface area (Å²) in [5, 5.41) is 0. The minimum Gasteiger partial charge on any atom is -0.371 e. The zero-order valence-electron chi connectivity index (χ0n) is 8.59. The Hall–Kier alpha value is -0.220. The second kappa shape index (κ2) is 7.21. The van der Waals surface area contributed by atoms with Gasteiger partial charge in [0, 0.05) is 13.2 Å². The molecule has 0 radical (unpaired) electrons. The van der Waals surface area contributed by atoms with Crippen molar-refractivity contribution < 1.29 is 13.5 Å². The molecule has 0 fully saturated rings. The number of rotatable bonds is 7. The lowest BCUT2D eigenvalue weighted by atomic mass is 10.3. The van der Waals surface area contributed by atoms with E-state index >= 15 is 0 Å². The maximum Gasteiger partial charge on any atom is 0.265 e. The fraction of sp³-hybridized carbons (Fsp3) is 1.00. The molecule has 0 aliphatic carbocycles. The van der Waals surface area contributed by atoms with Crippen molar-refractivity contribution >= 4 is 0 Å².